The second-order valence-electron chi connectivity index (χ2n) is 2.44. The predicted octanol–water partition coefficient (Wildman–Crippen LogP) is 0.604. The van der Waals surface area contributed by atoms with Gasteiger partial charge in [0.05, 0.1) is 6.21 Å². The molecule has 0 heterocycles. The number of hydrogen-bond acceptors (Lipinski definition) is 3. The highest BCUT2D eigenvalue weighted by atomic mass is 127. The van der Waals surface area contributed by atoms with Crippen molar-refractivity contribution in [3.63, 3.8) is 0 Å². The van der Waals surface area contributed by atoms with Crippen molar-refractivity contribution < 1.29 is 5.11 Å². The van der Waals surface area contributed by atoms with Gasteiger partial charge >= 0.3 is 0 Å². The highest BCUT2D eigenvalue weighted by molar-refractivity contribution is 14.1. The normalized spacial score (nSPS) is 10.4. The van der Waals surface area contributed by atoms with Gasteiger partial charge in [0, 0.05) is 9.13 Å². The van der Waals surface area contributed by atoms with Gasteiger partial charge in [-0.25, -0.2) is 0 Å². The molecule has 0 aromatic heterocycles. The second kappa shape index (κ2) is 4.80. The minimum Gasteiger partial charge on any atom is -0.507 e. The number of phenols is 1. The number of guanidine groups is 1. The zero-order valence-corrected chi connectivity index (χ0v) is 9.34. The third-order valence-corrected chi connectivity index (χ3v) is 2.33. The Hall–Kier alpha value is -1.31. The Morgan fingerprint density at radius 1 is 1.43 bits per heavy atom. The van der Waals surface area contributed by atoms with Gasteiger partial charge in [-0.2, -0.15) is 5.10 Å². The summed E-state index contributed by atoms with van der Waals surface area (Å²) in [6.07, 6.45) is 1.40. The summed E-state index contributed by atoms with van der Waals surface area (Å²) >= 11 is 2.08. The first-order chi connectivity index (χ1) is 6.61. The lowest BCUT2D eigenvalue weighted by Gasteiger charge is -1.99. The van der Waals surface area contributed by atoms with Gasteiger partial charge < -0.3 is 16.6 Å². The molecule has 0 bridgehead atoms. The molecule has 0 spiro atoms. The lowest BCUT2D eigenvalue weighted by Crippen LogP contribution is -2.21. The third-order valence-electron chi connectivity index (χ3n) is 1.39. The number of halogens is 1. The van der Waals surface area contributed by atoms with Crippen LogP contribution >= 0.6 is 22.6 Å². The number of nitrogens with zero attached hydrogens (tertiary/aromatic N) is 2. The lowest BCUT2D eigenvalue weighted by atomic mass is 10.2. The topological polar surface area (TPSA) is 97.0 Å². The molecule has 1 rings (SSSR count). The number of phenolic OH excluding ortho intramolecular Hbond substituents is 1. The Balaban J connectivity index is 2.97. The minimum absolute atomic E-state index is 0.119. The SMILES string of the molecule is NC(N)=NN=Cc1c(O)cccc1I. The van der Waals surface area contributed by atoms with E-state index in [2.05, 4.69) is 32.8 Å². The number of nitrogens with two attached hydrogens (primary N) is 2. The lowest BCUT2D eigenvalue weighted by molar-refractivity contribution is 0.474. The molecule has 6 heteroatoms. The number of rotatable bonds is 2. The van der Waals surface area contributed by atoms with Crippen molar-refractivity contribution in [1.82, 2.24) is 0 Å². The predicted molar refractivity (Wildman–Crippen MR) is 64.2 cm³/mol. The van der Waals surface area contributed by atoms with Crippen LogP contribution < -0.4 is 11.5 Å². The van der Waals surface area contributed by atoms with Gasteiger partial charge in [0.25, 0.3) is 0 Å². The summed E-state index contributed by atoms with van der Waals surface area (Å²) in [6.45, 7) is 0. The highest BCUT2D eigenvalue weighted by Crippen LogP contribution is 2.20. The Kier molecular flexibility index (Phi) is 3.69. The van der Waals surface area contributed by atoms with Crippen molar-refractivity contribution in [3.05, 3.63) is 27.3 Å². The molecule has 1 aromatic rings. The molecule has 14 heavy (non-hydrogen) atoms. The van der Waals surface area contributed by atoms with Gasteiger partial charge in [-0.3, -0.25) is 0 Å². The molecular formula is C8H9IN4O. The van der Waals surface area contributed by atoms with E-state index < -0.39 is 0 Å². The Morgan fingerprint density at radius 2 is 2.14 bits per heavy atom. The molecule has 74 valence electrons. The highest BCUT2D eigenvalue weighted by Gasteiger charge is 2.01. The molecule has 0 saturated carbocycles. The van der Waals surface area contributed by atoms with Crippen LogP contribution in [-0.4, -0.2) is 17.3 Å². The van der Waals surface area contributed by atoms with Gasteiger partial charge in [-0.1, -0.05) is 6.07 Å². The summed E-state index contributed by atoms with van der Waals surface area (Å²) in [6, 6.07) is 5.16. The smallest absolute Gasteiger partial charge is 0.211 e. The molecule has 5 N–H and O–H groups in total. The Bertz CT molecular complexity index is 365. The zero-order valence-electron chi connectivity index (χ0n) is 7.18. The minimum atomic E-state index is -0.119. The third kappa shape index (κ3) is 2.87. The van der Waals surface area contributed by atoms with Crippen molar-refractivity contribution >= 4 is 34.8 Å². The standard InChI is InChI=1S/C8H9IN4O/c9-6-2-1-3-7(14)5(6)4-12-13-8(10)11/h1-4,14H,(H4,10,11,13). The molecule has 5 nitrogen and oxygen atoms in total. The van der Waals surface area contributed by atoms with E-state index in [9.17, 15) is 5.11 Å². The van der Waals surface area contributed by atoms with Gasteiger partial charge in [-0.15, -0.1) is 5.10 Å². The fraction of sp³-hybridized carbons (Fsp3) is 0. The maximum Gasteiger partial charge on any atom is 0.211 e. The van der Waals surface area contributed by atoms with Crippen LogP contribution in [0.3, 0.4) is 0 Å². The molecule has 0 radical (unpaired) electrons. The van der Waals surface area contributed by atoms with E-state index >= 15 is 0 Å². The fourth-order valence-electron chi connectivity index (χ4n) is 0.807. The zero-order chi connectivity index (χ0) is 10.6. The number of aromatic hydroxyl groups is 1. The molecule has 0 aliphatic rings. The maximum atomic E-state index is 9.45. The maximum absolute atomic E-state index is 9.45. The molecule has 0 fully saturated rings. The number of hydrogen-bond donors (Lipinski definition) is 3. The van der Waals surface area contributed by atoms with E-state index in [0.717, 1.165) is 3.57 Å². The molecule has 0 saturated heterocycles. The van der Waals surface area contributed by atoms with Crippen molar-refractivity contribution in [2.45, 2.75) is 0 Å². The molecule has 0 aliphatic carbocycles. The van der Waals surface area contributed by atoms with Crippen LogP contribution in [-0.2, 0) is 0 Å². The quantitative estimate of drug-likeness (QED) is 0.323. The van der Waals surface area contributed by atoms with Crippen LogP contribution in [0.15, 0.2) is 28.4 Å². The summed E-state index contributed by atoms with van der Waals surface area (Å²) in [5.74, 6) is 0.0260. The van der Waals surface area contributed by atoms with E-state index in [-0.39, 0.29) is 11.7 Å². The number of benzene rings is 1. The van der Waals surface area contributed by atoms with Crippen LogP contribution in [0.4, 0.5) is 0 Å². The van der Waals surface area contributed by atoms with Crippen LogP contribution in [0, 0.1) is 3.57 Å². The van der Waals surface area contributed by atoms with Crippen LogP contribution in [0.1, 0.15) is 5.56 Å². The second-order valence-corrected chi connectivity index (χ2v) is 3.60. The average molecular weight is 304 g/mol. The van der Waals surface area contributed by atoms with Crippen LogP contribution in [0.2, 0.25) is 0 Å². The largest absolute Gasteiger partial charge is 0.507 e. The average Bonchev–Trinajstić information content (AvgIpc) is 2.09. The van der Waals surface area contributed by atoms with Gasteiger partial charge in [0.15, 0.2) is 0 Å². The van der Waals surface area contributed by atoms with Gasteiger partial charge in [0.1, 0.15) is 5.75 Å². The summed E-state index contributed by atoms with van der Waals surface area (Å²) in [5.41, 5.74) is 10.8. The molecule has 1 aromatic carbocycles. The Labute approximate surface area is 94.7 Å². The summed E-state index contributed by atoms with van der Waals surface area (Å²) in [5, 5.41) is 16.5. The van der Waals surface area contributed by atoms with E-state index in [4.69, 9.17) is 11.5 Å². The van der Waals surface area contributed by atoms with Gasteiger partial charge in [0.2, 0.25) is 5.96 Å². The molecule has 0 amide bonds. The van der Waals surface area contributed by atoms with Crippen molar-refractivity contribution in [1.29, 1.82) is 0 Å². The first kappa shape index (κ1) is 10.8. The summed E-state index contributed by atoms with van der Waals surface area (Å²) in [4.78, 5) is 0. The first-order valence-electron chi connectivity index (χ1n) is 3.70. The van der Waals surface area contributed by atoms with Crippen molar-refractivity contribution in [2.75, 3.05) is 0 Å². The van der Waals surface area contributed by atoms with Gasteiger partial charge in [-0.05, 0) is 34.7 Å². The Morgan fingerprint density at radius 3 is 2.71 bits per heavy atom. The van der Waals surface area contributed by atoms with Crippen molar-refractivity contribution in [3.8, 4) is 5.75 Å². The van der Waals surface area contributed by atoms with Crippen molar-refractivity contribution in [2.24, 2.45) is 21.7 Å². The summed E-state index contributed by atoms with van der Waals surface area (Å²) < 4.78 is 0.872. The monoisotopic (exact) mass is 304 g/mol. The van der Waals surface area contributed by atoms with E-state index in [0.29, 0.717) is 5.56 Å². The fourth-order valence-corrected chi connectivity index (χ4v) is 1.43. The van der Waals surface area contributed by atoms with Crippen LogP contribution in [0.5, 0.6) is 5.75 Å². The van der Waals surface area contributed by atoms with E-state index in [1.807, 2.05) is 6.07 Å². The molecular weight excluding hydrogens is 295 g/mol. The molecule has 0 unspecified atom stereocenters. The molecule has 0 atom stereocenters. The van der Waals surface area contributed by atoms with Crippen LogP contribution in [0.25, 0.3) is 0 Å². The first-order valence-corrected chi connectivity index (χ1v) is 4.78. The van der Waals surface area contributed by atoms with E-state index in [1.54, 1.807) is 12.1 Å². The molecule has 0 aliphatic heterocycles. The summed E-state index contributed by atoms with van der Waals surface area (Å²) in [7, 11) is 0. The van der Waals surface area contributed by atoms with E-state index in [1.165, 1.54) is 6.21 Å².